The lowest BCUT2D eigenvalue weighted by molar-refractivity contribution is -0.122. The normalized spacial score (nSPS) is 17.3. The molecule has 3 aromatic heterocycles. The van der Waals surface area contributed by atoms with Crippen LogP contribution in [-0.4, -0.2) is 66.4 Å². The lowest BCUT2D eigenvalue weighted by atomic mass is 9.81. The minimum absolute atomic E-state index is 0.0748. The first-order valence-electron chi connectivity index (χ1n) is 14.6. The van der Waals surface area contributed by atoms with Crippen LogP contribution in [0.3, 0.4) is 0 Å². The van der Waals surface area contributed by atoms with E-state index in [0.717, 1.165) is 25.8 Å². The van der Waals surface area contributed by atoms with Crippen LogP contribution in [-0.2, 0) is 11.3 Å². The summed E-state index contributed by atoms with van der Waals surface area (Å²) >= 11 is 0. The highest BCUT2D eigenvalue weighted by Crippen LogP contribution is 2.41. The van der Waals surface area contributed by atoms with Crippen LogP contribution in [0.15, 0.2) is 18.5 Å². The highest BCUT2D eigenvalue weighted by molar-refractivity contribution is 5.92. The number of hydrogen-bond donors (Lipinski definition) is 2. The second-order valence-corrected chi connectivity index (χ2v) is 10.8. The predicted octanol–water partition coefficient (Wildman–Crippen LogP) is 5.20. The maximum absolute atomic E-state index is 13.8. The second kappa shape index (κ2) is 15.7. The summed E-state index contributed by atoms with van der Waals surface area (Å²) in [5.41, 5.74) is 1.54. The molecule has 3 aromatic rings. The number of nitrogens with one attached hydrogen (secondary N) is 2. The van der Waals surface area contributed by atoms with Crippen LogP contribution in [0.25, 0.3) is 5.78 Å². The average molecular weight is 631 g/mol. The summed E-state index contributed by atoms with van der Waals surface area (Å²) in [4.78, 5) is 32.5. The number of fused-ring (bicyclic) bond motifs is 1. The first-order valence-corrected chi connectivity index (χ1v) is 14.6. The van der Waals surface area contributed by atoms with E-state index in [4.69, 9.17) is 4.74 Å². The highest BCUT2D eigenvalue weighted by atomic mass is 19.4. The number of aryl methyl sites for hydroxylation is 2. The first-order chi connectivity index (χ1) is 20.8. The van der Waals surface area contributed by atoms with Gasteiger partial charge in [0.05, 0.1) is 24.0 Å². The summed E-state index contributed by atoms with van der Waals surface area (Å²) in [6.45, 7) is 5.23. The van der Waals surface area contributed by atoms with E-state index in [2.05, 4.69) is 30.8 Å². The number of amides is 2. The summed E-state index contributed by atoms with van der Waals surface area (Å²) in [6.07, 6.45) is 6.28. The van der Waals surface area contributed by atoms with Gasteiger partial charge in [0, 0.05) is 38.5 Å². The Hall–Kier alpha value is -3.85. The fourth-order valence-corrected chi connectivity index (χ4v) is 4.94. The third kappa shape index (κ3) is 10.1. The molecule has 2 N–H and O–H groups in total. The lowest BCUT2D eigenvalue weighted by Crippen LogP contribution is -2.38. The Balaban J connectivity index is 0.000000407. The third-order valence-corrected chi connectivity index (χ3v) is 7.04. The number of halogens is 5. The maximum Gasteiger partial charge on any atom is 0.379 e. The monoisotopic (exact) mass is 630 g/mol. The zero-order chi connectivity index (χ0) is 32.4. The minimum atomic E-state index is -3.67. The van der Waals surface area contributed by atoms with Crippen LogP contribution in [0.2, 0.25) is 0 Å². The van der Waals surface area contributed by atoms with Crippen molar-refractivity contribution in [3.8, 4) is 5.88 Å². The molecule has 16 heteroatoms. The summed E-state index contributed by atoms with van der Waals surface area (Å²) in [6, 6.07) is 1.07. The smallest absolute Gasteiger partial charge is 0.379 e. The summed E-state index contributed by atoms with van der Waals surface area (Å²) in [5.74, 6) is -2.26. The van der Waals surface area contributed by atoms with Crippen molar-refractivity contribution >= 4 is 17.6 Å². The van der Waals surface area contributed by atoms with E-state index in [1.807, 2.05) is 20.8 Å². The first kappa shape index (κ1) is 34.6. The Morgan fingerprint density at radius 1 is 1.18 bits per heavy atom. The summed E-state index contributed by atoms with van der Waals surface area (Å²) < 4.78 is 65.5. The highest BCUT2D eigenvalue weighted by Gasteiger charge is 2.39. The van der Waals surface area contributed by atoms with Gasteiger partial charge in [0.2, 0.25) is 17.7 Å². The quantitative estimate of drug-likeness (QED) is 0.344. The zero-order valence-corrected chi connectivity index (χ0v) is 25.2. The third-order valence-electron chi connectivity index (χ3n) is 7.04. The average Bonchev–Trinajstić information content (AvgIpc) is 3.59. The van der Waals surface area contributed by atoms with Crippen molar-refractivity contribution in [3.63, 3.8) is 0 Å². The fourth-order valence-electron chi connectivity index (χ4n) is 4.94. The number of piperidine rings is 1. The number of nitrogens with zero attached hydrogens (tertiary/aromatic N) is 6. The molecule has 5 rings (SSSR count). The van der Waals surface area contributed by atoms with Crippen LogP contribution in [0.1, 0.15) is 93.6 Å². The van der Waals surface area contributed by atoms with Crippen LogP contribution in [0.5, 0.6) is 5.88 Å². The molecule has 244 valence electrons. The molecule has 0 aromatic carbocycles. The lowest BCUT2D eigenvalue weighted by Gasteiger charge is -2.33. The van der Waals surface area contributed by atoms with Crippen molar-refractivity contribution < 1.29 is 36.3 Å². The Bertz CT molecular complexity index is 1360. The van der Waals surface area contributed by atoms with E-state index in [0.29, 0.717) is 35.3 Å². The molecule has 1 aliphatic carbocycles. The van der Waals surface area contributed by atoms with Crippen LogP contribution < -0.4 is 15.4 Å². The van der Waals surface area contributed by atoms with Gasteiger partial charge in [-0.2, -0.15) is 28.4 Å². The summed E-state index contributed by atoms with van der Waals surface area (Å²) in [7, 11) is 0. The van der Waals surface area contributed by atoms with Gasteiger partial charge in [-0.15, -0.1) is 0 Å². The van der Waals surface area contributed by atoms with E-state index < -0.39 is 18.6 Å². The van der Waals surface area contributed by atoms with Crippen molar-refractivity contribution in [2.24, 2.45) is 5.92 Å². The topological polar surface area (TPSA) is 128 Å². The van der Waals surface area contributed by atoms with E-state index in [1.165, 1.54) is 4.52 Å². The van der Waals surface area contributed by atoms with Gasteiger partial charge in [-0.1, -0.05) is 0 Å². The standard InChI is InChI=1S/C22H29F2N7O2.C5H9NO.CHF3/c1-5-30-17(8-11-25-30)19(32)27-18(15-6-9-22(23,24)10-7-15)16-12-31-21(26-16)28-20(14(4)29-31)33-13(2)3;7-5-3-1-2-4-6-5;2-1(3)4/h8,11-13,15,18H,5-7,9-10H2,1-4H3,(H,27,32);1-4H2,(H,6,7);1H. The molecule has 1 saturated carbocycles. The van der Waals surface area contributed by atoms with Crippen molar-refractivity contribution in [1.29, 1.82) is 0 Å². The minimum Gasteiger partial charge on any atom is -0.474 e. The molecule has 0 radical (unpaired) electrons. The number of aromatic nitrogens is 6. The zero-order valence-electron chi connectivity index (χ0n) is 25.2. The van der Waals surface area contributed by atoms with Gasteiger partial charge in [-0.05, 0) is 65.4 Å². The largest absolute Gasteiger partial charge is 0.474 e. The molecule has 2 amide bonds. The van der Waals surface area contributed by atoms with Gasteiger partial charge in [0.1, 0.15) is 11.4 Å². The van der Waals surface area contributed by atoms with Crippen LogP contribution in [0, 0.1) is 12.8 Å². The molecule has 2 fully saturated rings. The van der Waals surface area contributed by atoms with Gasteiger partial charge < -0.3 is 15.4 Å². The van der Waals surface area contributed by atoms with Crippen LogP contribution >= 0.6 is 0 Å². The summed E-state index contributed by atoms with van der Waals surface area (Å²) in [5, 5.41) is 14.4. The van der Waals surface area contributed by atoms with Gasteiger partial charge in [0.15, 0.2) is 0 Å². The second-order valence-electron chi connectivity index (χ2n) is 10.8. The van der Waals surface area contributed by atoms with E-state index in [9.17, 15) is 31.5 Å². The Labute approximate surface area is 252 Å². The van der Waals surface area contributed by atoms with E-state index >= 15 is 0 Å². The fraction of sp³-hybridized carbons (Fsp3) is 0.643. The molecule has 1 atom stereocenters. The number of ether oxygens (including phenoxy) is 1. The number of carbonyl (C=O) groups is 2. The predicted molar refractivity (Wildman–Crippen MR) is 150 cm³/mol. The SMILES string of the molecule is CCn1nccc1C(=O)NC(c1cn2nc(C)c(OC(C)C)nc2n1)C1CCC(F)(F)CC1.FC(F)F.O=C1CCCCN1. The van der Waals surface area contributed by atoms with E-state index in [-0.39, 0.29) is 49.5 Å². The molecule has 1 aliphatic heterocycles. The Morgan fingerprint density at radius 3 is 2.41 bits per heavy atom. The molecule has 0 bridgehead atoms. The molecule has 11 nitrogen and oxygen atoms in total. The maximum atomic E-state index is 13.8. The Kier molecular flexibility index (Phi) is 12.4. The molecular weight excluding hydrogens is 591 g/mol. The van der Waals surface area contributed by atoms with Crippen LogP contribution in [0.4, 0.5) is 22.0 Å². The molecular formula is C28H39F5N8O3. The van der Waals surface area contributed by atoms with Gasteiger partial charge in [-0.3, -0.25) is 14.3 Å². The van der Waals surface area contributed by atoms with Crippen molar-refractivity contribution in [1.82, 2.24) is 40.0 Å². The van der Waals surface area contributed by atoms with Gasteiger partial charge >= 0.3 is 6.68 Å². The van der Waals surface area contributed by atoms with E-state index in [1.54, 1.807) is 30.1 Å². The number of carbonyl (C=O) groups excluding carboxylic acids is 2. The van der Waals surface area contributed by atoms with Crippen molar-refractivity contribution in [3.05, 3.63) is 35.5 Å². The molecule has 44 heavy (non-hydrogen) atoms. The molecule has 4 heterocycles. The van der Waals surface area contributed by atoms with Gasteiger partial charge in [-0.25, -0.2) is 18.3 Å². The van der Waals surface area contributed by atoms with Crippen molar-refractivity contribution in [2.45, 2.75) is 104 Å². The number of alkyl halides is 5. The number of rotatable bonds is 7. The molecule has 1 saturated heterocycles. The van der Waals surface area contributed by atoms with Gasteiger partial charge in [0.25, 0.3) is 11.7 Å². The molecule has 0 spiro atoms. The molecule has 2 aliphatic rings. The number of hydrogen-bond acceptors (Lipinski definition) is 7. The van der Waals surface area contributed by atoms with Crippen molar-refractivity contribution in [2.75, 3.05) is 6.54 Å². The Morgan fingerprint density at radius 2 is 1.86 bits per heavy atom. The number of imidazole rings is 1. The molecule has 1 unspecified atom stereocenters.